The van der Waals surface area contributed by atoms with Gasteiger partial charge >= 0.3 is 0 Å². The number of hydrogen-bond donors (Lipinski definition) is 1. The Balaban J connectivity index is 1.31. The molecule has 1 saturated carbocycles. The third-order valence-corrected chi connectivity index (χ3v) is 6.93. The number of carbonyl (C=O) groups is 2. The van der Waals surface area contributed by atoms with Gasteiger partial charge in [0, 0.05) is 57.6 Å². The van der Waals surface area contributed by atoms with Crippen LogP contribution in [-0.4, -0.2) is 72.5 Å². The summed E-state index contributed by atoms with van der Waals surface area (Å²) in [6, 6.07) is 8.41. The van der Waals surface area contributed by atoms with Crippen molar-refractivity contribution >= 4 is 40.6 Å². The van der Waals surface area contributed by atoms with Gasteiger partial charge < -0.3 is 20.0 Å². The van der Waals surface area contributed by atoms with Gasteiger partial charge in [0.2, 0.25) is 17.8 Å². The Morgan fingerprint density at radius 2 is 1.76 bits per heavy atom. The first kappa shape index (κ1) is 21.5. The van der Waals surface area contributed by atoms with E-state index < -0.39 is 0 Å². The lowest BCUT2D eigenvalue weighted by atomic mass is 10.1. The van der Waals surface area contributed by atoms with E-state index in [4.69, 9.17) is 4.98 Å². The molecule has 0 bridgehead atoms. The molecule has 2 amide bonds. The molecule has 1 aliphatic carbocycles. The molecule has 9 heteroatoms. The van der Waals surface area contributed by atoms with Gasteiger partial charge in [-0.15, -0.1) is 0 Å². The molecule has 1 aromatic heterocycles. The number of amides is 2. The normalized spacial score (nSPS) is 19.2. The van der Waals surface area contributed by atoms with Crippen LogP contribution in [0.1, 0.15) is 32.6 Å². The average molecular weight is 450 g/mol. The van der Waals surface area contributed by atoms with Crippen LogP contribution < -0.4 is 20.0 Å². The van der Waals surface area contributed by atoms with E-state index in [0.717, 1.165) is 68.9 Å². The quantitative estimate of drug-likeness (QED) is 0.768. The van der Waals surface area contributed by atoms with Gasteiger partial charge in [0.25, 0.3) is 0 Å². The number of nitrogens with one attached hydrogen (secondary N) is 1. The number of rotatable bonds is 4. The number of hydrogen-bond acceptors (Lipinski definition) is 7. The van der Waals surface area contributed by atoms with Gasteiger partial charge in [-0.25, -0.2) is 4.98 Å². The summed E-state index contributed by atoms with van der Waals surface area (Å²) in [5.41, 5.74) is 2.92. The molecule has 33 heavy (non-hydrogen) atoms. The molecule has 1 N–H and O–H groups in total. The zero-order valence-electron chi connectivity index (χ0n) is 19.3. The Morgan fingerprint density at radius 1 is 1.06 bits per heavy atom. The largest absolute Gasteiger partial charge is 0.368 e. The maximum atomic E-state index is 12.8. The second-order valence-electron chi connectivity index (χ2n) is 9.13. The van der Waals surface area contributed by atoms with E-state index in [1.807, 2.05) is 40.1 Å². The van der Waals surface area contributed by atoms with Gasteiger partial charge in [-0.05, 0) is 37.1 Å². The van der Waals surface area contributed by atoms with Crippen LogP contribution in [0.4, 0.5) is 28.8 Å². The van der Waals surface area contributed by atoms with E-state index in [1.165, 1.54) is 0 Å². The first-order valence-electron chi connectivity index (χ1n) is 11.8. The second-order valence-corrected chi connectivity index (χ2v) is 9.13. The van der Waals surface area contributed by atoms with Gasteiger partial charge in [0.15, 0.2) is 5.82 Å². The molecule has 3 aliphatic rings. The Bertz CT molecular complexity index is 1030. The highest BCUT2D eigenvalue weighted by Crippen LogP contribution is 2.36. The molecule has 0 atom stereocenters. The van der Waals surface area contributed by atoms with Crippen molar-refractivity contribution < 1.29 is 9.59 Å². The Kier molecular flexibility index (Phi) is 5.78. The highest BCUT2D eigenvalue weighted by atomic mass is 16.2. The molecule has 0 unspecified atom stereocenters. The van der Waals surface area contributed by atoms with Crippen molar-refractivity contribution in [2.75, 3.05) is 59.8 Å². The van der Waals surface area contributed by atoms with E-state index in [1.54, 1.807) is 6.92 Å². The van der Waals surface area contributed by atoms with E-state index in [-0.39, 0.29) is 17.9 Å². The number of piperazine rings is 1. The molecule has 1 aromatic carbocycles. The maximum absolute atomic E-state index is 12.8. The van der Waals surface area contributed by atoms with Crippen LogP contribution in [0, 0.1) is 0 Å². The lowest BCUT2D eigenvalue weighted by molar-refractivity contribution is -0.129. The Morgan fingerprint density at radius 3 is 2.42 bits per heavy atom. The summed E-state index contributed by atoms with van der Waals surface area (Å²) < 4.78 is 0. The van der Waals surface area contributed by atoms with Crippen molar-refractivity contribution in [2.45, 2.75) is 38.6 Å². The average Bonchev–Trinajstić information content (AvgIpc) is 3.34. The third kappa shape index (κ3) is 4.31. The highest BCUT2D eigenvalue weighted by molar-refractivity contribution is 6.02. The topological polar surface area (TPSA) is 84.9 Å². The standard InChI is InChI=1S/C24H31N7O2/c1-17(32)29-11-13-30(14-12-29)19-9-7-18(8-10-19)26-24-25-15-21-23(27-24)31(20-5-3-4-6-20)22(33)16-28(21)2/h7-10,15,20H,3-6,11-14,16H2,1-2H3,(H,25,26,27). The number of aromatic nitrogens is 2. The number of benzene rings is 1. The molecule has 3 heterocycles. The predicted octanol–water partition coefficient (Wildman–Crippen LogP) is 2.61. The van der Waals surface area contributed by atoms with Crippen molar-refractivity contribution in [2.24, 2.45) is 0 Å². The van der Waals surface area contributed by atoms with Crippen molar-refractivity contribution in [3.8, 4) is 0 Å². The smallest absolute Gasteiger partial charge is 0.247 e. The van der Waals surface area contributed by atoms with Gasteiger partial charge in [-0.1, -0.05) is 12.8 Å². The molecule has 2 aromatic rings. The maximum Gasteiger partial charge on any atom is 0.247 e. The van der Waals surface area contributed by atoms with E-state index in [9.17, 15) is 9.59 Å². The van der Waals surface area contributed by atoms with Crippen LogP contribution in [-0.2, 0) is 9.59 Å². The molecule has 9 nitrogen and oxygen atoms in total. The molecule has 0 spiro atoms. The Hall–Kier alpha value is -3.36. The van der Waals surface area contributed by atoms with Crippen molar-refractivity contribution in [1.82, 2.24) is 14.9 Å². The minimum absolute atomic E-state index is 0.107. The predicted molar refractivity (Wildman–Crippen MR) is 129 cm³/mol. The molecule has 174 valence electrons. The zero-order chi connectivity index (χ0) is 22.9. The Labute approximate surface area is 194 Å². The second kappa shape index (κ2) is 8.88. The molecule has 2 fully saturated rings. The van der Waals surface area contributed by atoms with Crippen molar-refractivity contribution in [3.05, 3.63) is 30.5 Å². The van der Waals surface area contributed by atoms with Crippen LogP contribution in [0.2, 0.25) is 0 Å². The summed E-state index contributed by atoms with van der Waals surface area (Å²) in [6.07, 6.45) is 6.19. The fourth-order valence-corrected chi connectivity index (χ4v) is 5.06. The van der Waals surface area contributed by atoms with Crippen molar-refractivity contribution in [1.29, 1.82) is 0 Å². The summed E-state index contributed by atoms with van der Waals surface area (Å²) in [4.78, 5) is 41.7. The van der Waals surface area contributed by atoms with Crippen LogP contribution >= 0.6 is 0 Å². The minimum Gasteiger partial charge on any atom is -0.368 e. The van der Waals surface area contributed by atoms with Gasteiger partial charge in [0.05, 0.1) is 18.4 Å². The fourth-order valence-electron chi connectivity index (χ4n) is 5.06. The molecular formula is C24H31N7O2. The minimum atomic E-state index is 0.107. The van der Waals surface area contributed by atoms with Crippen LogP contribution in [0.5, 0.6) is 0 Å². The highest BCUT2D eigenvalue weighted by Gasteiger charge is 2.35. The van der Waals surface area contributed by atoms with E-state index >= 15 is 0 Å². The summed E-state index contributed by atoms with van der Waals surface area (Å²) in [5, 5.41) is 3.30. The van der Waals surface area contributed by atoms with E-state index in [0.29, 0.717) is 18.3 Å². The van der Waals surface area contributed by atoms with Gasteiger partial charge in [0.1, 0.15) is 0 Å². The molecule has 5 rings (SSSR count). The third-order valence-electron chi connectivity index (χ3n) is 6.93. The summed E-state index contributed by atoms with van der Waals surface area (Å²) in [5.74, 6) is 1.44. The van der Waals surface area contributed by atoms with Crippen LogP contribution in [0.25, 0.3) is 0 Å². The SMILES string of the molecule is CC(=O)N1CCN(c2ccc(Nc3ncc4c(n3)N(C3CCCC3)C(=O)CN4C)cc2)CC1. The van der Waals surface area contributed by atoms with Crippen LogP contribution in [0.3, 0.4) is 0 Å². The zero-order valence-corrected chi connectivity index (χ0v) is 19.3. The van der Waals surface area contributed by atoms with Crippen molar-refractivity contribution in [3.63, 3.8) is 0 Å². The molecular weight excluding hydrogens is 418 g/mol. The number of fused-ring (bicyclic) bond motifs is 1. The van der Waals surface area contributed by atoms with E-state index in [2.05, 4.69) is 27.3 Å². The summed E-state index contributed by atoms with van der Waals surface area (Å²) >= 11 is 0. The molecule has 2 aliphatic heterocycles. The van der Waals surface area contributed by atoms with Gasteiger partial charge in [-0.2, -0.15) is 4.98 Å². The number of anilines is 5. The summed E-state index contributed by atoms with van der Waals surface area (Å²) in [6.45, 7) is 5.16. The lowest BCUT2D eigenvalue weighted by Crippen LogP contribution is -2.49. The molecule has 0 radical (unpaired) electrons. The number of carbonyl (C=O) groups excluding carboxylic acids is 2. The lowest BCUT2D eigenvalue weighted by Gasteiger charge is -2.37. The monoisotopic (exact) mass is 449 g/mol. The van der Waals surface area contributed by atoms with Gasteiger partial charge in [-0.3, -0.25) is 14.5 Å². The first-order chi connectivity index (χ1) is 16.0. The first-order valence-corrected chi connectivity index (χ1v) is 11.8. The molecule has 1 saturated heterocycles. The number of nitrogens with zero attached hydrogens (tertiary/aromatic N) is 6. The van der Waals surface area contributed by atoms with Crippen LogP contribution in [0.15, 0.2) is 30.5 Å². The fraction of sp³-hybridized carbons (Fsp3) is 0.500. The summed E-state index contributed by atoms with van der Waals surface area (Å²) in [7, 11) is 1.91. The number of likely N-dealkylation sites (N-methyl/N-ethyl adjacent to an activating group) is 1.